The summed E-state index contributed by atoms with van der Waals surface area (Å²) in [5.74, 6) is -0.197. The fourth-order valence-electron chi connectivity index (χ4n) is 1.95. The van der Waals surface area contributed by atoms with E-state index in [9.17, 15) is 9.90 Å². The molecular formula is C16H16Cl2N2O2. The quantitative estimate of drug-likeness (QED) is 0.557. The van der Waals surface area contributed by atoms with Crippen molar-refractivity contribution in [1.82, 2.24) is 5.32 Å². The Morgan fingerprint density at radius 1 is 1.09 bits per heavy atom. The van der Waals surface area contributed by atoms with E-state index < -0.39 is 0 Å². The molecule has 0 saturated carbocycles. The maximum absolute atomic E-state index is 11.8. The summed E-state index contributed by atoms with van der Waals surface area (Å²) in [7, 11) is 0. The average Bonchev–Trinajstić information content (AvgIpc) is 2.50. The van der Waals surface area contributed by atoms with Gasteiger partial charge in [-0.2, -0.15) is 0 Å². The first-order valence-electron chi connectivity index (χ1n) is 6.83. The van der Waals surface area contributed by atoms with Crippen LogP contribution in [0.5, 0.6) is 5.75 Å². The van der Waals surface area contributed by atoms with Gasteiger partial charge in [-0.15, -0.1) is 0 Å². The van der Waals surface area contributed by atoms with Crippen LogP contribution in [0.2, 0.25) is 10.0 Å². The lowest BCUT2D eigenvalue weighted by Crippen LogP contribution is -2.29. The SMILES string of the molecule is O=C(NCCCc1ccccc1)Nc1cc(Cl)c(O)c(Cl)c1. The van der Waals surface area contributed by atoms with Gasteiger partial charge in [-0.1, -0.05) is 53.5 Å². The van der Waals surface area contributed by atoms with Crippen molar-refractivity contribution in [1.29, 1.82) is 0 Å². The van der Waals surface area contributed by atoms with E-state index in [1.165, 1.54) is 17.7 Å². The number of carbonyl (C=O) groups excluding carboxylic acids is 1. The highest BCUT2D eigenvalue weighted by molar-refractivity contribution is 6.37. The Labute approximate surface area is 139 Å². The van der Waals surface area contributed by atoms with Crippen LogP contribution in [0, 0.1) is 0 Å². The van der Waals surface area contributed by atoms with Crippen molar-refractivity contribution in [3.63, 3.8) is 0 Å². The number of rotatable bonds is 5. The van der Waals surface area contributed by atoms with E-state index in [0.717, 1.165) is 12.8 Å². The minimum atomic E-state index is -0.342. The Hall–Kier alpha value is -1.91. The molecule has 0 atom stereocenters. The summed E-state index contributed by atoms with van der Waals surface area (Å²) >= 11 is 11.6. The van der Waals surface area contributed by atoms with Gasteiger partial charge in [-0.3, -0.25) is 0 Å². The van der Waals surface area contributed by atoms with Crippen LogP contribution in [0.4, 0.5) is 10.5 Å². The fourth-order valence-corrected chi connectivity index (χ4v) is 2.44. The van der Waals surface area contributed by atoms with E-state index in [0.29, 0.717) is 12.2 Å². The summed E-state index contributed by atoms with van der Waals surface area (Å²) in [6.45, 7) is 0.556. The smallest absolute Gasteiger partial charge is 0.319 e. The van der Waals surface area contributed by atoms with E-state index in [4.69, 9.17) is 23.2 Å². The van der Waals surface area contributed by atoms with Crippen LogP contribution in [0.3, 0.4) is 0 Å². The summed E-state index contributed by atoms with van der Waals surface area (Å²) in [6, 6.07) is 12.6. The third-order valence-corrected chi connectivity index (χ3v) is 3.62. The second-order valence-corrected chi connectivity index (χ2v) is 5.57. The molecule has 0 aliphatic carbocycles. The van der Waals surface area contributed by atoms with Crippen molar-refractivity contribution < 1.29 is 9.90 Å². The molecule has 0 radical (unpaired) electrons. The van der Waals surface area contributed by atoms with Gasteiger partial charge in [0.15, 0.2) is 5.75 Å². The van der Waals surface area contributed by atoms with Crippen LogP contribution in [0.1, 0.15) is 12.0 Å². The van der Waals surface area contributed by atoms with Crippen molar-refractivity contribution >= 4 is 34.9 Å². The van der Waals surface area contributed by atoms with Crippen LogP contribution in [0.15, 0.2) is 42.5 Å². The van der Waals surface area contributed by atoms with Gasteiger partial charge in [0.25, 0.3) is 0 Å². The third kappa shape index (κ3) is 4.83. The standard InChI is InChI=1S/C16H16Cl2N2O2/c17-13-9-12(10-14(18)15(13)21)20-16(22)19-8-4-7-11-5-2-1-3-6-11/h1-3,5-6,9-10,21H,4,7-8H2,(H2,19,20,22). The van der Waals surface area contributed by atoms with Gasteiger partial charge in [0, 0.05) is 12.2 Å². The molecular weight excluding hydrogens is 323 g/mol. The molecule has 3 N–H and O–H groups in total. The first-order chi connectivity index (χ1) is 10.6. The molecule has 0 saturated heterocycles. The minimum absolute atomic E-state index is 0.0897. The number of aryl methyl sites for hydroxylation is 1. The Bertz CT molecular complexity index is 625. The van der Waals surface area contributed by atoms with Gasteiger partial charge < -0.3 is 15.7 Å². The minimum Gasteiger partial charge on any atom is -0.505 e. The van der Waals surface area contributed by atoms with Crippen molar-refractivity contribution in [2.75, 3.05) is 11.9 Å². The molecule has 0 heterocycles. The molecule has 0 aliphatic rings. The number of benzene rings is 2. The second kappa shape index (κ2) is 7.92. The van der Waals surface area contributed by atoms with E-state index in [2.05, 4.69) is 22.8 Å². The number of halogens is 2. The van der Waals surface area contributed by atoms with Crippen LogP contribution < -0.4 is 10.6 Å². The molecule has 6 heteroatoms. The number of phenolic OH excluding ortho intramolecular Hbond substituents is 1. The number of urea groups is 1. The Morgan fingerprint density at radius 2 is 1.73 bits per heavy atom. The number of nitrogens with one attached hydrogen (secondary N) is 2. The number of aromatic hydroxyl groups is 1. The predicted molar refractivity (Wildman–Crippen MR) is 89.9 cm³/mol. The fraction of sp³-hybridized carbons (Fsp3) is 0.188. The predicted octanol–water partition coefficient (Wildman–Crippen LogP) is 4.45. The number of phenols is 1. The topological polar surface area (TPSA) is 61.4 Å². The maximum atomic E-state index is 11.8. The highest BCUT2D eigenvalue weighted by Gasteiger charge is 2.08. The molecule has 4 nitrogen and oxygen atoms in total. The van der Waals surface area contributed by atoms with Gasteiger partial charge in [0.05, 0.1) is 10.0 Å². The normalized spacial score (nSPS) is 10.3. The van der Waals surface area contributed by atoms with E-state index in [1.807, 2.05) is 18.2 Å². The number of anilines is 1. The molecule has 2 aromatic rings. The number of hydrogen-bond donors (Lipinski definition) is 3. The molecule has 2 amide bonds. The van der Waals surface area contributed by atoms with Crippen LogP contribution >= 0.6 is 23.2 Å². The summed E-state index contributed by atoms with van der Waals surface area (Å²) in [6.07, 6.45) is 1.74. The molecule has 22 heavy (non-hydrogen) atoms. The lowest BCUT2D eigenvalue weighted by molar-refractivity contribution is 0.252. The monoisotopic (exact) mass is 338 g/mol. The largest absolute Gasteiger partial charge is 0.505 e. The molecule has 116 valence electrons. The highest BCUT2D eigenvalue weighted by Crippen LogP contribution is 2.34. The first kappa shape index (κ1) is 16.5. The van der Waals surface area contributed by atoms with Gasteiger partial charge in [0.1, 0.15) is 0 Å². The van der Waals surface area contributed by atoms with Crippen molar-refractivity contribution in [2.24, 2.45) is 0 Å². The number of hydrogen-bond acceptors (Lipinski definition) is 2. The molecule has 2 aromatic carbocycles. The van der Waals surface area contributed by atoms with Gasteiger partial charge in [-0.25, -0.2) is 4.79 Å². The maximum Gasteiger partial charge on any atom is 0.319 e. The molecule has 2 rings (SSSR count). The number of carbonyl (C=O) groups is 1. The van der Waals surface area contributed by atoms with E-state index in [-0.39, 0.29) is 21.8 Å². The van der Waals surface area contributed by atoms with Crippen molar-refractivity contribution in [2.45, 2.75) is 12.8 Å². The summed E-state index contributed by atoms with van der Waals surface area (Å²) < 4.78 is 0. The molecule has 0 aromatic heterocycles. The van der Waals surface area contributed by atoms with Gasteiger partial charge in [-0.05, 0) is 30.5 Å². The average molecular weight is 339 g/mol. The zero-order chi connectivity index (χ0) is 15.9. The zero-order valence-corrected chi connectivity index (χ0v) is 13.3. The first-order valence-corrected chi connectivity index (χ1v) is 7.58. The van der Waals surface area contributed by atoms with Gasteiger partial charge >= 0.3 is 6.03 Å². The van der Waals surface area contributed by atoms with Crippen LogP contribution in [0.25, 0.3) is 0 Å². The lowest BCUT2D eigenvalue weighted by Gasteiger charge is -2.09. The molecule has 0 bridgehead atoms. The molecule has 0 aliphatic heterocycles. The summed E-state index contributed by atoms with van der Waals surface area (Å²) in [5.41, 5.74) is 1.66. The molecule has 0 spiro atoms. The zero-order valence-electron chi connectivity index (χ0n) is 11.8. The molecule has 0 unspecified atom stereocenters. The summed E-state index contributed by atoms with van der Waals surface area (Å²) in [4.78, 5) is 11.8. The Morgan fingerprint density at radius 3 is 2.36 bits per heavy atom. The highest BCUT2D eigenvalue weighted by atomic mass is 35.5. The Kier molecular flexibility index (Phi) is 5.92. The third-order valence-electron chi connectivity index (χ3n) is 3.05. The second-order valence-electron chi connectivity index (χ2n) is 4.76. The lowest BCUT2D eigenvalue weighted by atomic mass is 10.1. The van der Waals surface area contributed by atoms with Gasteiger partial charge in [0.2, 0.25) is 0 Å². The van der Waals surface area contributed by atoms with Crippen molar-refractivity contribution in [3.8, 4) is 5.75 Å². The Balaban J connectivity index is 1.76. The molecule has 0 fully saturated rings. The van der Waals surface area contributed by atoms with E-state index in [1.54, 1.807) is 0 Å². The summed E-state index contributed by atoms with van der Waals surface area (Å²) in [5, 5.41) is 15.0. The van der Waals surface area contributed by atoms with E-state index >= 15 is 0 Å². The number of amides is 2. The van der Waals surface area contributed by atoms with Crippen LogP contribution in [-0.2, 0) is 6.42 Å². The van der Waals surface area contributed by atoms with Crippen molar-refractivity contribution in [3.05, 3.63) is 58.1 Å². The van der Waals surface area contributed by atoms with Crippen LogP contribution in [-0.4, -0.2) is 17.7 Å².